The van der Waals surface area contributed by atoms with E-state index in [0.29, 0.717) is 38.5 Å². The van der Waals surface area contributed by atoms with Crippen molar-refractivity contribution in [3.05, 3.63) is 24.2 Å². The minimum Gasteiger partial charge on any atom is -0.472 e. The summed E-state index contributed by atoms with van der Waals surface area (Å²) in [6.07, 6.45) is 3.85. The third-order valence-corrected chi connectivity index (χ3v) is 3.50. The molecule has 1 atom stereocenters. The van der Waals surface area contributed by atoms with Crippen LogP contribution >= 0.6 is 0 Å². The lowest BCUT2D eigenvalue weighted by molar-refractivity contribution is -0.0551. The van der Waals surface area contributed by atoms with Crippen LogP contribution in [0.5, 0.6) is 0 Å². The van der Waals surface area contributed by atoms with Crippen LogP contribution in [0.3, 0.4) is 0 Å². The Bertz CT molecular complexity index is 395. The predicted molar refractivity (Wildman–Crippen MR) is 58.7 cm³/mol. The Kier molecular flexibility index (Phi) is 2.64. The van der Waals surface area contributed by atoms with Gasteiger partial charge in [-0.05, 0) is 12.5 Å². The van der Waals surface area contributed by atoms with Crippen LogP contribution in [0.4, 0.5) is 0 Å². The summed E-state index contributed by atoms with van der Waals surface area (Å²) in [5.41, 5.74) is 0.324. The molecule has 2 fully saturated rings. The number of hydrogen-bond acceptors (Lipinski definition) is 4. The SMILES string of the molecule is O=C(c1ccoc1)N1CCOCC12CCOC2. The van der Waals surface area contributed by atoms with Crippen LogP contribution < -0.4 is 0 Å². The standard InChI is InChI=1S/C12H15NO4/c14-11(10-1-4-15-7-10)13-3-6-17-9-12(13)2-5-16-8-12/h1,4,7H,2-3,5-6,8-9H2. The van der Waals surface area contributed by atoms with Crippen molar-refractivity contribution in [2.24, 2.45) is 0 Å². The van der Waals surface area contributed by atoms with Gasteiger partial charge in [0.05, 0.1) is 37.2 Å². The normalized spacial score (nSPS) is 28.8. The molecule has 0 N–H and O–H groups in total. The highest BCUT2D eigenvalue weighted by Gasteiger charge is 2.45. The lowest BCUT2D eigenvalue weighted by atomic mass is 9.95. The summed E-state index contributed by atoms with van der Waals surface area (Å²) >= 11 is 0. The van der Waals surface area contributed by atoms with Gasteiger partial charge in [-0.1, -0.05) is 0 Å². The van der Waals surface area contributed by atoms with Gasteiger partial charge < -0.3 is 18.8 Å². The quantitative estimate of drug-likeness (QED) is 0.728. The summed E-state index contributed by atoms with van der Waals surface area (Å²) in [4.78, 5) is 14.3. The number of furan rings is 1. The molecule has 2 aliphatic heterocycles. The van der Waals surface area contributed by atoms with Gasteiger partial charge in [-0.3, -0.25) is 4.79 Å². The van der Waals surface area contributed by atoms with Crippen LogP contribution in [0.25, 0.3) is 0 Å². The number of hydrogen-bond donors (Lipinski definition) is 0. The van der Waals surface area contributed by atoms with Crippen molar-refractivity contribution in [1.82, 2.24) is 4.90 Å². The highest BCUT2D eigenvalue weighted by atomic mass is 16.5. The Morgan fingerprint density at radius 1 is 1.29 bits per heavy atom. The van der Waals surface area contributed by atoms with E-state index in [1.807, 2.05) is 4.90 Å². The van der Waals surface area contributed by atoms with Gasteiger partial charge in [-0.15, -0.1) is 0 Å². The van der Waals surface area contributed by atoms with Crippen LogP contribution in [-0.2, 0) is 9.47 Å². The van der Waals surface area contributed by atoms with E-state index in [2.05, 4.69) is 0 Å². The highest BCUT2D eigenvalue weighted by molar-refractivity contribution is 5.94. The summed E-state index contributed by atoms with van der Waals surface area (Å²) in [5, 5.41) is 0. The summed E-state index contributed by atoms with van der Waals surface area (Å²) in [5.74, 6) is 0.00699. The molecule has 0 aromatic carbocycles. The van der Waals surface area contributed by atoms with Gasteiger partial charge in [0.25, 0.3) is 5.91 Å². The van der Waals surface area contributed by atoms with Crippen molar-refractivity contribution < 1.29 is 18.7 Å². The van der Waals surface area contributed by atoms with Crippen molar-refractivity contribution >= 4 is 5.91 Å². The summed E-state index contributed by atoms with van der Waals surface area (Å²) in [7, 11) is 0. The van der Waals surface area contributed by atoms with Gasteiger partial charge >= 0.3 is 0 Å². The number of carbonyl (C=O) groups is 1. The molecule has 2 aliphatic rings. The summed E-state index contributed by atoms with van der Waals surface area (Å²) in [6, 6.07) is 1.70. The zero-order valence-electron chi connectivity index (χ0n) is 9.55. The average molecular weight is 237 g/mol. The molecule has 3 rings (SSSR count). The first-order valence-corrected chi connectivity index (χ1v) is 5.82. The Morgan fingerprint density at radius 3 is 2.82 bits per heavy atom. The lowest BCUT2D eigenvalue weighted by Gasteiger charge is -2.43. The van der Waals surface area contributed by atoms with Crippen LogP contribution in [-0.4, -0.2) is 49.3 Å². The molecular weight excluding hydrogens is 222 g/mol. The third kappa shape index (κ3) is 1.75. The maximum atomic E-state index is 12.4. The summed E-state index contributed by atoms with van der Waals surface area (Å²) in [6.45, 7) is 3.03. The Hall–Kier alpha value is -1.33. The van der Waals surface area contributed by atoms with Crippen LogP contribution in [0, 0.1) is 0 Å². The number of amides is 1. The second-order valence-electron chi connectivity index (χ2n) is 4.55. The van der Waals surface area contributed by atoms with Crippen molar-refractivity contribution in [2.45, 2.75) is 12.0 Å². The smallest absolute Gasteiger partial charge is 0.257 e. The number of rotatable bonds is 1. The molecular formula is C12H15NO4. The van der Waals surface area contributed by atoms with E-state index in [4.69, 9.17) is 13.9 Å². The van der Waals surface area contributed by atoms with E-state index in [1.165, 1.54) is 12.5 Å². The molecule has 92 valence electrons. The largest absolute Gasteiger partial charge is 0.472 e. The van der Waals surface area contributed by atoms with Gasteiger partial charge in [0.2, 0.25) is 0 Å². The number of ether oxygens (including phenoxy) is 2. The van der Waals surface area contributed by atoms with Gasteiger partial charge in [-0.25, -0.2) is 0 Å². The third-order valence-electron chi connectivity index (χ3n) is 3.50. The zero-order valence-corrected chi connectivity index (χ0v) is 9.55. The molecule has 17 heavy (non-hydrogen) atoms. The first-order chi connectivity index (χ1) is 8.32. The van der Waals surface area contributed by atoms with Gasteiger partial charge in [0, 0.05) is 13.2 Å². The number of nitrogens with zero attached hydrogens (tertiary/aromatic N) is 1. The second-order valence-corrected chi connectivity index (χ2v) is 4.55. The molecule has 0 radical (unpaired) electrons. The van der Waals surface area contributed by atoms with Crippen LogP contribution in [0.15, 0.2) is 23.0 Å². The predicted octanol–water partition coefficient (Wildman–Crippen LogP) is 0.911. The van der Waals surface area contributed by atoms with E-state index in [9.17, 15) is 4.79 Å². The first-order valence-electron chi connectivity index (χ1n) is 5.82. The second kappa shape index (κ2) is 4.16. The maximum Gasteiger partial charge on any atom is 0.257 e. The van der Waals surface area contributed by atoms with E-state index in [1.54, 1.807) is 6.07 Å². The van der Waals surface area contributed by atoms with Crippen molar-refractivity contribution in [2.75, 3.05) is 33.0 Å². The van der Waals surface area contributed by atoms with Crippen LogP contribution in [0.1, 0.15) is 16.8 Å². The first kappa shape index (κ1) is 10.8. The molecule has 5 nitrogen and oxygen atoms in total. The highest BCUT2D eigenvalue weighted by Crippen LogP contribution is 2.30. The molecule has 0 bridgehead atoms. The Balaban J connectivity index is 1.86. The Morgan fingerprint density at radius 2 is 2.12 bits per heavy atom. The average Bonchev–Trinajstić information content (AvgIpc) is 3.00. The van der Waals surface area contributed by atoms with Crippen molar-refractivity contribution in [3.63, 3.8) is 0 Å². The van der Waals surface area contributed by atoms with Crippen molar-refractivity contribution in [1.29, 1.82) is 0 Å². The molecule has 1 spiro atoms. The van der Waals surface area contributed by atoms with Crippen molar-refractivity contribution in [3.8, 4) is 0 Å². The molecule has 2 saturated heterocycles. The van der Waals surface area contributed by atoms with Gasteiger partial charge in [0.15, 0.2) is 0 Å². The maximum absolute atomic E-state index is 12.4. The molecule has 0 saturated carbocycles. The monoisotopic (exact) mass is 237 g/mol. The molecule has 1 aromatic heterocycles. The number of carbonyl (C=O) groups excluding carboxylic acids is 1. The Labute approximate surface area is 99.3 Å². The van der Waals surface area contributed by atoms with E-state index >= 15 is 0 Å². The van der Waals surface area contributed by atoms with Gasteiger partial charge in [0.1, 0.15) is 6.26 Å². The molecule has 1 unspecified atom stereocenters. The molecule has 5 heteroatoms. The van der Waals surface area contributed by atoms with Gasteiger partial charge in [-0.2, -0.15) is 0 Å². The summed E-state index contributed by atoms with van der Waals surface area (Å²) < 4.78 is 15.9. The number of morpholine rings is 1. The van der Waals surface area contributed by atoms with E-state index in [0.717, 1.165) is 6.42 Å². The molecule has 3 heterocycles. The molecule has 0 aliphatic carbocycles. The van der Waals surface area contributed by atoms with E-state index < -0.39 is 0 Å². The molecule has 1 aromatic rings. The van der Waals surface area contributed by atoms with Crippen LogP contribution in [0.2, 0.25) is 0 Å². The molecule has 1 amide bonds. The van der Waals surface area contributed by atoms with E-state index in [-0.39, 0.29) is 11.4 Å². The zero-order chi connectivity index (χ0) is 11.7. The minimum absolute atomic E-state index is 0.00699. The fourth-order valence-electron chi connectivity index (χ4n) is 2.52. The minimum atomic E-state index is -0.271. The fourth-order valence-corrected chi connectivity index (χ4v) is 2.52. The lowest BCUT2D eigenvalue weighted by Crippen LogP contribution is -2.59. The fraction of sp³-hybridized carbons (Fsp3) is 0.583. The topological polar surface area (TPSA) is 51.9 Å².